The summed E-state index contributed by atoms with van der Waals surface area (Å²) in [5.74, 6) is 0.461. The van der Waals surface area contributed by atoms with Gasteiger partial charge in [-0.1, -0.05) is 18.2 Å². The fraction of sp³-hybridized carbons (Fsp3) is 0.200. The summed E-state index contributed by atoms with van der Waals surface area (Å²) in [5, 5.41) is 0. The van der Waals surface area contributed by atoms with Crippen LogP contribution in [0.5, 0.6) is 5.75 Å². The Labute approximate surface area is 112 Å². The number of amides is 1. The van der Waals surface area contributed by atoms with Crippen molar-refractivity contribution in [1.82, 2.24) is 0 Å². The molecule has 0 radical (unpaired) electrons. The second-order valence-electron chi connectivity index (χ2n) is 4.31. The van der Waals surface area contributed by atoms with E-state index in [1.54, 1.807) is 18.3 Å². The first-order chi connectivity index (χ1) is 9.16. The molecule has 4 nitrogen and oxygen atoms in total. The third kappa shape index (κ3) is 3.55. The Morgan fingerprint density at radius 2 is 2.05 bits per heavy atom. The number of benzene rings is 1. The van der Waals surface area contributed by atoms with Gasteiger partial charge in [0, 0.05) is 6.07 Å². The molecule has 0 spiro atoms. The van der Waals surface area contributed by atoms with Crippen LogP contribution in [0.1, 0.15) is 15.9 Å². The number of nitrogens with two attached hydrogens (primary N) is 1. The van der Waals surface area contributed by atoms with Crippen LogP contribution in [0.25, 0.3) is 0 Å². The van der Waals surface area contributed by atoms with Crippen molar-refractivity contribution in [3.05, 3.63) is 59.9 Å². The predicted octanol–water partition coefficient (Wildman–Crippen LogP) is 1.46. The van der Waals surface area contributed by atoms with Gasteiger partial charge in [-0.3, -0.25) is 4.79 Å². The third-order valence-corrected chi connectivity index (χ3v) is 2.84. The summed E-state index contributed by atoms with van der Waals surface area (Å²) < 4.78 is 7.59. The molecule has 2 aromatic rings. The number of hydrogen-bond donors (Lipinski definition) is 1. The van der Waals surface area contributed by atoms with E-state index >= 15 is 0 Å². The minimum absolute atomic E-state index is 0.422. The molecule has 0 atom stereocenters. The van der Waals surface area contributed by atoms with E-state index < -0.39 is 5.91 Å². The molecule has 0 saturated carbocycles. The van der Waals surface area contributed by atoms with Crippen molar-refractivity contribution in [1.29, 1.82) is 0 Å². The van der Waals surface area contributed by atoms with E-state index in [1.807, 2.05) is 42.0 Å². The average Bonchev–Trinajstić information content (AvgIpc) is 2.41. The van der Waals surface area contributed by atoms with Gasteiger partial charge in [-0.15, -0.1) is 0 Å². The Hall–Kier alpha value is -2.36. The lowest BCUT2D eigenvalue weighted by Crippen LogP contribution is -2.37. The maximum absolute atomic E-state index is 11.1. The van der Waals surface area contributed by atoms with Crippen molar-refractivity contribution in [3.63, 3.8) is 0 Å². The summed E-state index contributed by atoms with van der Waals surface area (Å²) in [4.78, 5) is 11.1. The van der Waals surface area contributed by atoms with E-state index in [4.69, 9.17) is 10.5 Å². The van der Waals surface area contributed by atoms with Crippen LogP contribution in [0, 0.1) is 6.92 Å². The van der Waals surface area contributed by atoms with E-state index in [1.165, 1.54) is 0 Å². The summed E-state index contributed by atoms with van der Waals surface area (Å²) in [6.07, 6.45) is 3.61. The highest BCUT2D eigenvalue weighted by Crippen LogP contribution is 2.15. The van der Waals surface area contributed by atoms with Gasteiger partial charge in [0.15, 0.2) is 18.9 Å². The molecule has 1 aromatic carbocycles. The molecular formula is C15H17N2O2+. The summed E-state index contributed by atoms with van der Waals surface area (Å²) >= 11 is 0. The van der Waals surface area contributed by atoms with E-state index in [9.17, 15) is 4.79 Å². The van der Waals surface area contributed by atoms with Gasteiger partial charge in [-0.05, 0) is 24.6 Å². The molecule has 0 aliphatic carbocycles. The van der Waals surface area contributed by atoms with Crippen LogP contribution in [0.2, 0.25) is 0 Å². The van der Waals surface area contributed by atoms with E-state index in [0.717, 1.165) is 11.3 Å². The molecule has 2 N–H and O–H groups in total. The Balaban J connectivity index is 1.94. The molecule has 0 unspecified atom stereocenters. The van der Waals surface area contributed by atoms with Gasteiger partial charge >= 0.3 is 0 Å². The quantitative estimate of drug-likeness (QED) is 0.824. The maximum atomic E-state index is 11.1. The lowest BCUT2D eigenvalue weighted by molar-refractivity contribution is -0.697. The topological polar surface area (TPSA) is 56.2 Å². The first-order valence-electron chi connectivity index (χ1n) is 6.14. The second-order valence-corrected chi connectivity index (χ2v) is 4.31. The Kier molecular flexibility index (Phi) is 4.13. The molecule has 0 saturated heterocycles. The van der Waals surface area contributed by atoms with Crippen LogP contribution in [0.15, 0.2) is 48.8 Å². The van der Waals surface area contributed by atoms with Gasteiger partial charge in [0.2, 0.25) is 0 Å². The maximum Gasteiger partial charge on any atom is 0.254 e. The van der Waals surface area contributed by atoms with Crippen molar-refractivity contribution in [3.8, 4) is 5.75 Å². The van der Waals surface area contributed by atoms with Crippen molar-refractivity contribution >= 4 is 5.91 Å². The standard InChI is InChI=1S/C15H16N2O2/c1-12-5-2-3-7-14(12)19-10-9-17-8-4-6-13(11-17)15(16)18/h2-8,11H,9-10H2,1H3,(H-,16,18)/p+1. The van der Waals surface area contributed by atoms with Crippen LogP contribution in [0.4, 0.5) is 0 Å². The molecule has 0 bridgehead atoms. The highest BCUT2D eigenvalue weighted by molar-refractivity contribution is 5.92. The number of pyridine rings is 1. The van der Waals surface area contributed by atoms with Crippen LogP contribution >= 0.6 is 0 Å². The number of aromatic nitrogens is 1. The molecule has 1 heterocycles. The SMILES string of the molecule is Cc1ccccc1OCC[n+]1cccc(C(N)=O)c1. The van der Waals surface area contributed by atoms with Crippen molar-refractivity contribution in [2.75, 3.05) is 6.61 Å². The highest BCUT2D eigenvalue weighted by atomic mass is 16.5. The predicted molar refractivity (Wildman–Crippen MR) is 71.8 cm³/mol. The third-order valence-electron chi connectivity index (χ3n) is 2.84. The molecule has 2 rings (SSSR count). The number of carbonyl (C=O) groups is 1. The number of carbonyl (C=O) groups excluding carboxylic acids is 1. The van der Waals surface area contributed by atoms with Gasteiger partial charge in [0.25, 0.3) is 5.91 Å². The van der Waals surface area contributed by atoms with Crippen molar-refractivity contribution in [2.24, 2.45) is 5.73 Å². The number of para-hydroxylation sites is 1. The van der Waals surface area contributed by atoms with E-state index in [0.29, 0.717) is 18.7 Å². The van der Waals surface area contributed by atoms with Crippen molar-refractivity contribution < 1.29 is 14.1 Å². The van der Waals surface area contributed by atoms with Gasteiger partial charge in [0.05, 0.1) is 0 Å². The lowest BCUT2D eigenvalue weighted by atomic mass is 10.2. The number of ether oxygens (including phenoxy) is 1. The monoisotopic (exact) mass is 257 g/mol. The zero-order valence-corrected chi connectivity index (χ0v) is 10.9. The second kappa shape index (κ2) is 6.00. The number of rotatable bonds is 5. The summed E-state index contributed by atoms with van der Waals surface area (Å²) in [7, 11) is 0. The molecule has 4 heteroatoms. The number of primary amides is 1. The average molecular weight is 257 g/mol. The molecular weight excluding hydrogens is 240 g/mol. The number of nitrogens with zero attached hydrogens (tertiary/aromatic N) is 1. The van der Waals surface area contributed by atoms with Crippen LogP contribution in [0.3, 0.4) is 0 Å². The largest absolute Gasteiger partial charge is 0.487 e. The Morgan fingerprint density at radius 1 is 1.26 bits per heavy atom. The van der Waals surface area contributed by atoms with E-state index in [2.05, 4.69) is 0 Å². The molecule has 1 aromatic heterocycles. The van der Waals surface area contributed by atoms with Crippen LogP contribution in [-0.2, 0) is 6.54 Å². The minimum Gasteiger partial charge on any atom is -0.487 e. The normalized spacial score (nSPS) is 10.2. The molecule has 0 aliphatic rings. The van der Waals surface area contributed by atoms with Crippen LogP contribution < -0.4 is 15.0 Å². The molecule has 0 aliphatic heterocycles. The first kappa shape index (κ1) is 13.1. The van der Waals surface area contributed by atoms with Gasteiger partial charge in [-0.25, -0.2) is 4.57 Å². The van der Waals surface area contributed by atoms with Gasteiger partial charge < -0.3 is 10.5 Å². The summed E-state index contributed by atoms with van der Waals surface area (Å²) in [5.41, 5.74) is 6.85. The molecule has 0 fully saturated rings. The van der Waals surface area contributed by atoms with Gasteiger partial charge in [-0.2, -0.15) is 0 Å². The van der Waals surface area contributed by atoms with Crippen LogP contribution in [-0.4, -0.2) is 12.5 Å². The van der Waals surface area contributed by atoms with Crippen molar-refractivity contribution in [2.45, 2.75) is 13.5 Å². The molecule has 98 valence electrons. The number of hydrogen-bond acceptors (Lipinski definition) is 2. The fourth-order valence-corrected chi connectivity index (χ4v) is 1.79. The first-order valence-corrected chi connectivity index (χ1v) is 6.14. The smallest absolute Gasteiger partial charge is 0.254 e. The highest BCUT2D eigenvalue weighted by Gasteiger charge is 2.07. The lowest BCUT2D eigenvalue weighted by Gasteiger charge is -2.06. The molecule has 1 amide bonds. The van der Waals surface area contributed by atoms with Gasteiger partial charge in [0.1, 0.15) is 17.9 Å². The molecule has 19 heavy (non-hydrogen) atoms. The van der Waals surface area contributed by atoms with E-state index in [-0.39, 0.29) is 0 Å². The zero-order valence-electron chi connectivity index (χ0n) is 10.9. The number of aryl methyl sites for hydroxylation is 1. The summed E-state index contributed by atoms with van der Waals surface area (Å²) in [6.45, 7) is 3.21. The minimum atomic E-state index is -0.422. The Bertz CT molecular complexity index is 582. The summed E-state index contributed by atoms with van der Waals surface area (Å²) in [6, 6.07) is 11.4. The fourth-order valence-electron chi connectivity index (χ4n) is 1.79. The zero-order chi connectivity index (χ0) is 13.7. The Morgan fingerprint density at radius 3 is 2.79 bits per heavy atom.